The summed E-state index contributed by atoms with van der Waals surface area (Å²) in [5.41, 5.74) is 6.02. The van der Waals surface area contributed by atoms with Crippen LogP contribution in [0, 0.1) is 17.3 Å². The maximum Gasteiger partial charge on any atom is 0.226 e. The minimum absolute atomic E-state index is 0.167. The second-order valence-corrected chi connectivity index (χ2v) is 7.23. The van der Waals surface area contributed by atoms with Crippen molar-refractivity contribution in [3.63, 3.8) is 0 Å². The molecular weight excluding hydrogens is 236 g/mol. The normalized spacial score (nSPS) is 34.2. The Bertz CT molecular complexity index is 327. The van der Waals surface area contributed by atoms with Gasteiger partial charge in [-0.3, -0.25) is 4.79 Å². The molecule has 110 valence electrons. The molecule has 2 saturated carbocycles. The van der Waals surface area contributed by atoms with E-state index in [1.807, 2.05) is 11.9 Å². The highest BCUT2D eigenvalue weighted by Crippen LogP contribution is 2.42. The second kappa shape index (κ2) is 5.82. The molecule has 0 spiro atoms. The third-order valence-electron chi connectivity index (χ3n) is 5.57. The monoisotopic (exact) mass is 266 g/mol. The SMILES string of the molecule is CN(C(=O)C1CCCCC1(C)C)C1CCCC1CN. The van der Waals surface area contributed by atoms with Gasteiger partial charge in [0, 0.05) is 19.0 Å². The highest BCUT2D eigenvalue weighted by Gasteiger charge is 2.41. The maximum absolute atomic E-state index is 12.8. The molecule has 0 aromatic carbocycles. The summed E-state index contributed by atoms with van der Waals surface area (Å²) < 4.78 is 0. The van der Waals surface area contributed by atoms with E-state index in [0.717, 1.165) is 19.4 Å². The number of hydrogen-bond acceptors (Lipinski definition) is 2. The Morgan fingerprint density at radius 2 is 1.95 bits per heavy atom. The van der Waals surface area contributed by atoms with Crippen molar-refractivity contribution in [1.82, 2.24) is 4.90 Å². The predicted molar refractivity (Wildman–Crippen MR) is 78.7 cm³/mol. The minimum atomic E-state index is 0.167. The van der Waals surface area contributed by atoms with Crippen LogP contribution in [0.5, 0.6) is 0 Å². The third kappa shape index (κ3) is 2.96. The van der Waals surface area contributed by atoms with Crippen LogP contribution in [0.3, 0.4) is 0 Å². The highest BCUT2D eigenvalue weighted by atomic mass is 16.2. The predicted octanol–water partition coefficient (Wildman–Crippen LogP) is 2.79. The molecule has 3 unspecified atom stereocenters. The van der Waals surface area contributed by atoms with Crippen LogP contribution in [0.1, 0.15) is 58.8 Å². The summed E-state index contributed by atoms with van der Waals surface area (Å²) in [6, 6.07) is 0.384. The van der Waals surface area contributed by atoms with E-state index in [9.17, 15) is 4.79 Å². The molecule has 0 aromatic heterocycles. The fraction of sp³-hybridized carbons (Fsp3) is 0.938. The smallest absolute Gasteiger partial charge is 0.226 e. The molecule has 2 N–H and O–H groups in total. The van der Waals surface area contributed by atoms with Gasteiger partial charge in [0.25, 0.3) is 0 Å². The first kappa shape index (κ1) is 14.8. The Labute approximate surface area is 117 Å². The summed E-state index contributed by atoms with van der Waals surface area (Å²) in [5.74, 6) is 1.10. The molecule has 2 fully saturated rings. The van der Waals surface area contributed by atoms with Crippen molar-refractivity contribution in [2.45, 2.75) is 64.8 Å². The number of carbonyl (C=O) groups excluding carboxylic acids is 1. The Balaban J connectivity index is 2.05. The van der Waals surface area contributed by atoms with Crippen molar-refractivity contribution in [2.75, 3.05) is 13.6 Å². The van der Waals surface area contributed by atoms with E-state index >= 15 is 0 Å². The largest absolute Gasteiger partial charge is 0.342 e. The number of amides is 1. The molecule has 0 saturated heterocycles. The molecule has 0 radical (unpaired) electrons. The standard InChI is InChI=1S/C16H30N2O/c1-16(2)10-5-4-8-13(16)15(19)18(3)14-9-6-7-12(14)11-17/h12-14H,4-11,17H2,1-3H3. The molecule has 2 aliphatic rings. The van der Waals surface area contributed by atoms with Gasteiger partial charge in [0.15, 0.2) is 0 Å². The average Bonchev–Trinajstić information content (AvgIpc) is 2.84. The van der Waals surface area contributed by atoms with E-state index < -0.39 is 0 Å². The molecule has 3 heteroatoms. The lowest BCUT2D eigenvalue weighted by molar-refractivity contribution is -0.142. The van der Waals surface area contributed by atoms with Gasteiger partial charge >= 0.3 is 0 Å². The lowest BCUT2D eigenvalue weighted by atomic mass is 9.68. The molecule has 0 aromatic rings. The van der Waals surface area contributed by atoms with Gasteiger partial charge in [-0.25, -0.2) is 0 Å². The first-order chi connectivity index (χ1) is 8.97. The summed E-state index contributed by atoms with van der Waals surface area (Å²) in [6.45, 7) is 5.24. The van der Waals surface area contributed by atoms with E-state index in [1.165, 1.54) is 32.1 Å². The van der Waals surface area contributed by atoms with Gasteiger partial charge in [-0.05, 0) is 43.6 Å². The fourth-order valence-electron chi connectivity index (χ4n) is 4.16. The second-order valence-electron chi connectivity index (χ2n) is 7.23. The van der Waals surface area contributed by atoms with Crippen molar-refractivity contribution in [2.24, 2.45) is 23.0 Å². The summed E-state index contributed by atoms with van der Waals surface area (Å²) in [6.07, 6.45) is 8.27. The van der Waals surface area contributed by atoms with Crippen LogP contribution in [0.15, 0.2) is 0 Å². The van der Waals surface area contributed by atoms with E-state index in [2.05, 4.69) is 13.8 Å². The zero-order valence-electron chi connectivity index (χ0n) is 12.8. The van der Waals surface area contributed by atoms with E-state index in [4.69, 9.17) is 5.73 Å². The first-order valence-electron chi connectivity index (χ1n) is 7.94. The quantitative estimate of drug-likeness (QED) is 0.854. The van der Waals surface area contributed by atoms with Gasteiger partial charge < -0.3 is 10.6 Å². The molecular formula is C16H30N2O. The van der Waals surface area contributed by atoms with Crippen molar-refractivity contribution in [3.8, 4) is 0 Å². The van der Waals surface area contributed by atoms with Gasteiger partial charge in [-0.1, -0.05) is 33.1 Å². The topological polar surface area (TPSA) is 46.3 Å². The van der Waals surface area contributed by atoms with Crippen LogP contribution in [-0.2, 0) is 4.79 Å². The van der Waals surface area contributed by atoms with Crippen LogP contribution in [0.4, 0.5) is 0 Å². The Hall–Kier alpha value is -0.570. The molecule has 0 bridgehead atoms. The molecule has 19 heavy (non-hydrogen) atoms. The zero-order valence-corrected chi connectivity index (χ0v) is 12.8. The van der Waals surface area contributed by atoms with Gasteiger partial charge in [-0.15, -0.1) is 0 Å². The number of nitrogens with zero attached hydrogens (tertiary/aromatic N) is 1. The minimum Gasteiger partial charge on any atom is -0.342 e. The average molecular weight is 266 g/mol. The van der Waals surface area contributed by atoms with E-state index in [-0.39, 0.29) is 11.3 Å². The van der Waals surface area contributed by atoms with Crippen molar-refractivity contribution in [1.29, 1.82) is 0 Å². The van der Waals surface area contributed by atoms with Gasteiger partial charge in [0.2, 0.25) is 5.91 Å². The van der Waals surface area contributed by atoms with E-state index in [0.29, 0.717) is 17.9 Å². The number of hydrogen-bond donors (Lipinski definition) is 1. The van der Waals surface area contributed by atoms with Crippen LogP contribution < -0.4 is 5.73 Å². The Morgan fingerprint density at radius 1 is 1.21 bits per heavy atom. The summed E-state index contributed by atoms with van der Waals surface area (Å²) in [5, 5.41) is 0. The van der Waals surface area contributed by atoms with E-state index in [1.54, 1.807) is 0 Å². The summed E-state index contributed by atoms with van der Waals surface area (Å²) >= 11 is 0. The molecule has 3 atom stereocenters. The number of carbonyl (C=O) groups is 1. The Kier molecular flexibility index (Phi) is 4.54. The van der Waals surface area contributed by atoms with Crippen LogP contribution in [-0.4, -0.2) is 30.4 Å². The molecule has 0 aliphatic heterocycles. The molecule has 2 rings (SSSR count). The lowest BCUT2D eigenvalue weighted by Crippen LogP contribution is -2.48. The van der Waals surface area contributed by atoms with Gasteiger partial charge in [0.1, 0.15) is 0 Å². The van der Waals surface area contributed by atoms with Gasteiger partial charge in [0.05, 0.1) is 0 Å². The molecule has 0 heterocycles. The molecule has 3 nitrogen and oxygen atoms in total. The zero-order chi connectivity index (χ0) is 14.0. The molecule has 1 amide bonds. The van der Waals surface area contributed by atoms with Crippen LogP contribution in [0.25, 0.3) is 0 Å². The van der Waals surface area contributed by atoms with Gasteiger partial charge in [-0.2, -0.15) is 0 Å². The maximum atomic E-state index is 12.8. The van der Waals surface area contributed by atoms with Crippen LogP contribution in [0.2, 0.25) is 0 Å². The Morgan fingerprint density at radius 3 is 2.58 bits per heavy atom. The van der Waals surface area contributed by atoms with Crippen LogP contribution >= 0.6 is 0 Å². The first-order valence-corrected chi connectivity index (χ1v) is 7.94. The van der Waals surface area contributed by atoms with Crippen molar-refractivity contribution < 1.29 is 4.79 Å². The summed E-state index contributed by atoms with van der Waals surface area (Å²) in [4.78, 5) is 14.9. The number of rotatable bonds is 3. The fourth-order valence-corrected chi connectivity index (χ4v) is 4.16. The highest BCUT2D eigenvalue weighted by molar-refractivity contribution is 5.79. The summed E-state index contributed by atoms with van der Waals surface area (Å²) in [7, 11) is 2.01. The molecule has 2 aliphatic carbocycles. The third-order valence-corrected chi connectivity index (χ3v) is 5.57. The lowest BCUT2D eigenvalue weighted by Gasteiger charge is -2.41. The van der Waals surface area contributed by atoms with Crippen molar-refractivity contribution >= 4 is 5.91 Å². The number of nitrogens with two attached hydrogens (primary N) is 1. The van der Waals surface area contributed by atoms with Crippen molar-refractivity contribution in [3.05, 3.63) is 0 Å².